The lowest BCUT2D eigenvalue weighted by Crippen LogP contribution is -2.43. The van der Waals surface area contributed by atoms with E-state index < -0.39 is 0 Å². The van der Waals surface area contributed by atoms with Gasteiger partial charge in [-0.1, -0.05) is 12.1 Å². The first kappa shape index (κ1) is 18.5. The minimum atomic E-state index is 0.595. The molecule has 2 N–H and O–H groups in total. The maximum Gasteiger partial charge on any atom is 0.145 e. The fourth-order valence-corrected chi connectivity index (χ4v) is 3.70. The van der Waals surface area contributed by atoms with Gasteiger partial charge in [-0.05, 0) is 43.7 Å². The number of ether oxygens (including phenoxy) is 1. The van der Waals surface area contributed by atoms with Crippen LogP contribution in [0.2, 0.25) is 0 Å². The van der Waals surface area contributed by atoms with Crippen molar-refractivity contribution in [1.82, 2.24) is 20.5 Å². The predicted octanol–water partition coefficient (Wildman–Crippen LogP) is 3.12. The highest BCUT2D eigenvalue weighted by Gasteiger charge is 2.14. The molecule has 1 fully saturated rings. The topological polar surface area (TPSA) is 66.1 Å². The molecular weight excluding hydrogens is 350 g/mol. The van der Waals surface area contributed by atoms with Crippen LogP contribution in [0.3, 0.4) is 0 Å². The first-order chi connectivity index (χ1) is 13.7. The number of hydrogen-bond donors (Lipinski definition) is 2. The monoisotopic (exact) mass is 377 g/mol. The fourth-order valence-electron chi connectivity index (χ4n) is 3.70. The average molecular weight is 377 g/mol. The highest BCUT2D eigenvalue weighted by atomic mass is 16.5. The Hall–Kier alpha value is -2.86. The highest BCUT2D eigenvalue weighted by molar-refractivity contribution is 5.70. The molecule has 2 aromatic heterocycles. The summed E-state index contributed by atoms with van der Waals surface area (Å²) in [7, 11) is 0. The average Bonchev–Trinajstić information content (AvgIpc) is 3.07. The molecule has 146 valence electrons. The van der Waals surface area contributed by atoms with E-state index in [1.807, 2.05) is 32.2 Å². The lowest BCUT2D eigenvalue weighted by molar-refractivity contribution is 0.321. The number of aromatic nitrogens is 3. The third-order valence-corrected chi connectivity index (χ3v) is 5.26. The van der Waals surface area contributed by atoms with Crippen molar-refractivity contribution in [2.75, 3.05) is 37.7 Å². The van der Waals surface area contributed by atoms with Gasteiger partial charge in [0, 0.05) is 55.7 Å². The van der Waals surface area contributed by atoms with Crippen LogP contribution in [-0.4, -0.2) is 48.0 Å². The van der Waals surface area contributed by atoms with Gasteiger partial charge in [-0.2, -0.15) is 5.10 Å². The number of piperazine rings is 1. The number of nitrogens with zero attached hydrogens (tertiary/aromatic N) is 3. The molecule has 0 unspecified atom stereocenters. The quantitative estimate of drug-likeness (QED) is 0.691. The van der Waals surface area contributed by atoms with Crippen LogP contribution in [0.1, 0.15) is 17.0 Å². The van der Waals surface area contributed by atoms with Crippen molar-refractivity contribution in [3.63, 3.8) is 0 Å². The first-order valence-corrected chi connectivity index (χ1v) is 9.87. The van der Waals surface area contributed by atoms with E-state index in [-0.39, 0.29) is 0 Å². The van der Waals surface area contributed by atoms with Crippen LogP contribution in [0.4, 0.5) is 5.69 Å². The number of rotatable bonds is 6. The second kappa shape index (κ2) is 8.44. The zero-order chi connectivity index (χ0) is 19.3. The van der Waals surface area contributed by atoms with Crippen LogP contribution < -0.4 is 15.0 Å². The number of anilines is 1. The summed E-state index contributed by atoms with van der Waals surface area (Å²) in [6.45, 7) is 8.76. The molecule has 3 aromatic rings. The highest BCUT2D eigenvalue weighted by Crippen LogP contribution is 2.30. The van der Waals surface area contributed by atoms with E-state index in [0.29, 0.717) is 6.61 Å². The van der Waals surface area contributed by atoms with Crippen LogP contribution >= 0.6 is 0 Å². The Morgan fingerprint density at radius 3 is 2.75 bits per heavy atom. The standard InChI is InChI=1S/C22H27N5O/c1-16-20(17(2)26-25-16)8-14-28-21-7-4-9-24-22(21)18-5-3-6-19(15-18)27-12-10-23-11-13-27/h3-7,9,15,23H,8,10-14H2,1-2H3,(H,25,26). The summed E-state index contributed by atoms with van der Waals surface area (Å²) in [6.07, 6.45) is 2.65. The first-order valence-electron chi connectivity index (χ1n) is 9.87. The molecule has 1 aliphatic rings. The molecule has 1 aliphatic heterocycles. The predicted molar refractivity (Wildman–Crippen MR) is 112 cm³/mol. The molecule has 28 heavy (non-hydrogen) atoms. The molecule has 1 saturated heterocycles. The number of benzene rings is 1. The van der Waals surface area contributed by atoms with E-state index >= 15 is 0 Å². The Morgan fingerprint density at radius 1 is 1.11 bits per heavy atom. The Morgan fingerprint density at radius 2 is 1.96 bits per heavy atom. The fraction of sp³-hybridized carbons (Fsp3) is 0.364. The molecule has 0 bridgehead atoms. The van der Waals surface area contributed by atoms with Gasteiger partial charge in [0.1, 0.15) is 11.4 Å². The maximum absolute atomic E-state index is 6.13. The van der Waals surface area contributed by atoms with Crippen molar-refractivity contribution in [2.45, 2.75) is 20.3 Å². The van der Waals surface area contributed by atoms with Crippen LogP contribution in [-0.2, 0) is 6.42 Å². The van der Waals surface area contributed by atoms with Gasteiger partial charge in [0.15, 0.2) is 0 Å². The summed E-state index contributed by atoms with van der Waals surface area (Å²) in [5.41, 5.74) is 6.58. The van der Waals surface area contributed by atoms with E-state index in [2.05, 4.69) is 49.7 Å². The van der Waals surface area contributed by atoms with Gasteiger partial charge in [0.25, 0.3) is 0 Å². The summed E-state index contributed by atoms with van der Waals surface area (Å²) < 4.78 is 6.13. The van der Waals surface area contributed by atoms with Gasteiger partial charge in [0.05, 0.1) is 12.3 Å². The summed E-state index contributed by atoms with van der Waals surface area (Å²) >= 11 is 0. The van der Waals surface area contributed by atoms with Gasteiger partial charge in [-0.15, -0.1) is 0 Å². The number of aromatic amines is 1. The second-order valence-corrected chi connectivity index (χ2v) is 7.15. The van der Waals surface area contributed by atoms with Gasteiger partial charge < -0.3 is 15.0 Å². The molecule has 0 aliphatic carbocycles. The van der Waals surface area contributed by atoms with E-state index in [1.165, 1.54) is 11.3 Å². The minimum absolute atomic E-state index is 0.595. The minimum Gasteiger partial charge on any atom is -0.491 e. The molecule has 0 amide bonds. The summed E-state index contributed by atoms with van der Waals surface area (Å²) in [5.74, 6) is 0.818. The number of nitrogens with one attached hydrogen (secondary N) is 2. The number of H-pyrrole nitrogens is 1. The maximum atomic E-state index is 6.13. The van der Waals surface area contributed by atoms with Crippen molar-refractivity contribution in [3.05, 3.63) is 59.5 Å². The van der Waals surface area contributed by atoms with E-state index in [1.54, 1.807) is 0 Å². The van der Waals surface area contributed by atoms with E-state index in [4.69, 9.17) is 4.74 Å². The lowest BCUT2D eigenvalue weighted by atomic mass is 10.1. The van der Waals surface area contributed by atoms with Crippen LogP contribution in [0.15, 0.2) is 42.6 Å². The zero-order valence-corrected chi connectivity index (χ0v) is 16.5. The number of hydrogen-bond acceptors (Lipinski definition) is 5. The smallest absolute Gasteiger partial charge is 0.145 e. The zero-order valence-electron chi connectivity index (χ0n) is 16.5. The summed E-state index contributed by atoms with van der Waals surface area (Å²) in [5, 5.41) is 10.7. The SMILES string of the molecule is Cc1n[nH]c(C)c1CCOc1cccnc1-c1cccc(N2CCNCC2)c1. The van der Waals surface area contributed by atoms with Crippen LogP contribution in [0.5, 0.6) is 5.75 Å². The third-order valence-electron chi connectivity index (χ3n) is 5.26. The van der Waals surface area contributed by atoms with Crippen molar-refractivity contribution < 1.29 is 4.74 Å². The molecule has 4 rings (SSSR count). The lowest BCUT2D eigenvalue weighted by Gasteiger charge is -2.29. The van der Waals surface area contributed by atoms with Crippen molar-refractivity contribution in [3.8, 4) is 17.0 Å². The molecule has 0 spiro atoms. The number of aryl methyl sites for hydroxylation is 2. The van der Waals surface area contributed by atoms with Crippen LogP contribution in [0, 0.1) is 13.8 Å². The van der Waals surface area contributed by atoms with Gasteiger partial charge >= 0.3 is 0 Å². The van der Waals surface area contributed by atoms with Crippen molar-refractivity contribution in [1.29, 1.82) is 0 Å². The van der Waals surface area contributed by atoms with Gasteiger partial charge in [-0.3, -0.25) is 10.1 Å². The largest absolute Gasteiger partial charge is 0.491 e. The Bertz CT molecular complexity index is 911. The van der Waals surface area contributed by atoms with E-state index in [9.17, 15) is 0 Å². The molecule has 0 radical (unpaired) electrons. The molecule has 1 aromatic carbocycles. The molecule has 0 saturated carbocycles. The third kappa shape index (κ3) is 4.02. The number of pyridine rings is 1. The van der Waals surface area contributed by atoms with E-state index in [0.717, 1.165) is 61.0 Å². The van der Waals surface area contributed by atoms with Crippen molar-refractivity contribution >= 4 is 5.69 Å². The van der Waals surface area contributed by atoms with Crippen molar-refractivity contribution in [2.24, 2.45) is 0 Å². The second-order valence-electron chi connectivity index (χ2n) is 7.15. The summed E-state index contributed by atoms with van der Waals surface area (Å²) in [4.78, 5) is 7.02. The summed E-state index contributed by atoms with van der Waals surface area (Å²) in [6, 6.07) is 12.5. The molecule has 6 nitrogen and oxygen atoms in total. The normalized spacial score (nSPS) is 14.3. The van der Waals surface area contributed by atoms with Crippen LogP contribution in [0.25, 0.3) is 11.3 Å². The van der Waals surface area contributed by atoms with Gasteiger partial charge in [-0.25, -0.2) is 0 Å². The Labute approximate surface area is 165 Å². The Kier molecular flexibility index (Phi) is 5.58. The molecule has 6 heteroatoms. The van der Waals surface area contributed by atoms with Gasteiger partial charge in [0.2, 0.25) is 0 Å². The molecular formula is C22H27N5O. The molecule has 3 heterocycles. The molecule has 0 atom stereocenters. The Balaban J connectivity index is 1.51.